The van der Waals surface area contributed by atoms with Gasteiger partial charge in [0, 0.05) is 18.4 Å². The van der Waals surface area contributed by atoms with Crippen molar-refractivity contribution in [2.75, 3.05) is 18.5 Å². The third-order valence-corrected chi connectivity index (χ3v) is 4.38. The largest absolute Gasteiger partial charge is 0.491 e. The SMILES string of the molecule is CC(Oc1ccccc1Cl)C(=O)Nc1cccc(OCC2CCCO2)c1. The molecule has 3 rings (SSSR count). The van der Waals surface area contributed by atoms with E-state index in [1.807, 2.05) is 18.2 Å². The fourth-order valence-corrected chi connectivity index (χ4v) is 2.84. The topological polar surface area (TPSA) is 56.8 Å². The molecule has 1 fully saturated rings. The maximum absolute atomic E-state index is 12.4. The highest BCUT2D eigenvalue weighted by atomic mass is 35.5. The van der Waals surface area contributed by atoms with Crippen LogP contribution in [0.4, 0.5) is 5.69 Å². The first kappa shape index (κ1) is 18.5. The number of ether oxygens (including phenoxy) is 3. The van der Waals surface area contributed by atoms with Crippen LogP contribution < -0.4 is 14.8 Å². The second-order valence-electron chi connectivity index (χ2n) is 6.15. The first-order valence-electron chi connectivity index (χ1n) is 8.68. The first-order valence-corrected chi connectivity index (χ1v) is 9.06. The fourth-order valence-electron chi connectivity index (χ4n) is 2.66. The number of para-hydroxylation sites is 1. The Kier molecular flexibility index (Phi) is 6.36. The van der Waals surface area contributed by atoms with E-state index in [0.717, 1.165) is 19.4 Å². The zero-order chi connectivity index (χ0) is 18.4. The van der Waals surface area contributed by atoms with Gasteiger partial charge in [0.05, 0.1) is 11.1 Å². The van der Waals surface area contributed by atoms with Crippen molar-refractivity contribution < 1.29 is 19.0 Å². The second-order valence-corrected chi connectivity index (χ2v) is 6.56. The van der Waals surface area contributed by atoms with Crippen LogP contribution >= 0.6 is 11.6 Å². The lowest BCUT2D eigenvalue weighted by molar-refractivity contribution is -0.122. The summed E-state index contributed by atoms with van der Waals surface area (Å²) in [5, 5.41) is 3.30. The summed E-state index contributed by atoms with van der Waals surface area (Å²) in [6.45, 7) is 2.99. The number of hydrogen-bond donors (Lipinski definition) is 1. The van der Waals surface area contributed by atoms with Crippen LogP contribution in [0.5, 0.6) is 11.5 Å². The molecule has 6 heteroatoms. The lowest BCUT2D eigenvalue weighted by Crippen LogP contribution is -2.30. The summed E-state index contributed by atoms with van der Waals surface area (Å²) in [5.74, 6) is 0.907. The molecule has 0 aliphatic carbocycles. The molecule has 1 aliphatic heterocycles. The number of benzene rings is 2. The van der Waals surface area contributed by atoms with E-state index >= 15 is 0 Å². The van der Waals surface area contributed by atoms with E-state index < -0.39 is 6.10 Å². The van der Waals surface area contributed by atoms with E-state index in [1.54, 1.807) is 37.3 Å². The molecule has 1 N–H and O–H groups in total. The zero-order valence-electron chi connectivity index (χ0n) is 14.6. The predicted octanol–water partition coefficient (Wildman–Crippen LogP) is 4.30. The minimum Gasteiger partial charge on any atom is -0.491 e. The standard InChI is InChI=1S/C20H22ClNO4/c1-14(26-19-10-3-2-9-18(19)21)20(23)22-15-6-4-7-16(12-15)25-13-17-8-5-11-24-17/h2-4,6-7,9-10,12,14,17H,5,8,11,13H2,1H3,(H,22,23). The summed E-state index contributed by atoms with van der Waals surface area (Å²) in [4.78, 5) is 12.4. The van der Waals surface area contributed by atoms with Gasteiger partial charge in [-0.05, 0) is 44.0 Å². The van der Waals surface area contributed by atoms with Gasteiger partial charge in [0.2, 0.25) is 0 Å². The number of halogens is 1. The smallest absolute Gasteiger partial charge is 0.265 e. The van der Waals surface area contributed by atoms with Crippen LogP contribution in [0.1, 0.15) is 19.8 Å². The van der Waals surface area contributed by atoms with Gasteiger partial charge in [-0.2, -0.15) is 0 Å². The second kappa shape index (κ2) is 8.92. The maximum Gasteiger partial charge on any atom is 0.265 e. The lowest BCUT2D eigenvalue weighted by Gasteiger charge is -2.16. The molecule has 1 amide bonds. The molecule has 1 aliphatic rings. The molecule has 2 atom stereocenters. The zero-order valence-corrected chi connectivity index (χ0v) is 15.4. The fraction of sp³-hybridized carbons (Fsp3) is 0.350. The molecular weight excluding hydrogens is 354 g/mol. The molecule has 138 valence electrons. The Labute approximate surface area is 158 Å². The Morgan fingerprint density at radius 1 is 1.31 bits per heavy atom. The minimum atomic E-state index is -0.689. The number of nitrogens with one attached hydrogen (secondary N) is 1. The molecule has 1 saturated heterocycles. The quantitative estimate of drug-likeness (QED) is 0.783. The van der Waals surface area contributed by atoms with Crippen molar-refractivity contribution in [1.82, 2.24) is 0 Å². The third kappa shape index (κ3) is 5.13. The minimum absolute atomic E-state index is 0.150. The van der Waals surface area contributed by atoms with Crippen molar-refractivity contribution >= 4 is 23.2 Å². The maximum atomic E-state index is 12.4. The van der Waals surface area contributed by atoms with Gasteiger partial charge in [-0.15, -0.1) is 0 Å². The number of amides is 1. The Balaban J connectivity index is 1.54. The van der Waals surface area contributed by atoms with Gasteiger partial charge in [-0.3, -0.25) is 4.79 Å². The van der Waals surface area contributed by atoms with Crippen LogP contribution in [0.2, 0.25) is 5.02 Å². The van der Waals surface area contributed by atoms with E-state index in [9.17, 15) is 4.79 Å². The summed E-state index contributed by atoms with van der Waals surface area (Å²) >= 11 is 6.06. The summed E-state index contributed by atoms with van der Waals surface area (Å²) in [5.41, 5.74) is 0.648. The van der Waals surface area contributed by atoms with Crippen molar-refractivity contribution in [3.05, 3.63) is 53.6 Å². The van der Waals surface area contributed by atoms with Gasteiger partial charge >= 0.3 is 0 Å². The van der Waals surface area contributed by atoms with E-state index in [2.05, 4.69) is 5.32 Å². The molecule has 0 spiro atoms. The first-order chi connectivity index (χ1) is 12.6. The summed E-state index contributed by atoms with van der Waals surface area (Å²) in [6, 6.07) is 14.3. The van der Waals surface area contributed by atoms with Gasteiger partial charge in [0.1, 0.15) is 18.1 Å². The Morgan fingerprint density at radius 3 is 2.92 bits per heavy atom. The van der Waals surface area contributed by atoms with E-state index in [1.165, 1.54) is 0 Å². The number of carbonyl (C=O) groups excluding carboxylic acids is 1. The average molecular weight is 376 g/mol. The molecule has 2 aromatic carbocycles. The Morgan fingerprint density at radius 2 is 2.15 bits per heavy atom. The summed E-state index contributed by atoms with van der Waals surface area (Å²) < 4.78 is 16.9. The van der Waals surface area contributed by atoms with Crippen molar-refractivity contribution in [2.24, 2.45) is 0 Å². The number of hydrogen-bond acceptors (Lipinski definition) is 4. The number of rotatable bonds is 7. The molecule has 0 bridgehead atoms. The molecule has 0 saturated carbocycles. The highest BCUT2D eigenvalue weighted by Gasteiger charge is 2.18. The van der Waals surface area contributed by atoms with Crippen molar-refractivity contribution in [3.8, 4) is 11.5 Å². The van der Waals surface area contributed by atoms with Crippen LogP contribution in [-0.2, 0) is 9.53 Å². The van der Waals surface area contributed by atoms with Crippen LogP contribution in [0, 0.1) is 0 Å². The molecule has 26 heavy (non-hydrogen) atoms. The van der Waals surface area contributed by atoms with Gasteiger partial charge in [-0.1, -0.05) is 29.8 Å². The highest BCUT2D eigenvalue weighted by Crippen LogP contribution is 2.25. The van der Waals surface area contributed by atoms with E-state index in [4.69, 9.17) is 25.8 Å². The molecule has 2 aromatic rings. The Bertz CT molecular complexity index is 746. The predicted molar refractivity (Wildman–Crippen MR) is 101 cm³/mol. The summed E-state index contributed by atoms with van der Waals surface area (Å²) in [7, 11) is 0. The van der Waals surface area contributed by atoms with Crippen LogP contribution in [0.3, 0.4) is 0 Å². The average Bonchev–Trinajstić information content (AvgIpc) is 3.16. The van der Waals surface area contributed by atoms with E-state index in [-0.39, 0.29) is 12.0 Å². The van der Waals surface area contributed by atoms with Gasteiger partial charge in [0.25, 0.3) is 5.91 Å². The van der Waals surface area contributed by atoms with Crippen LogP contribution in [0.15, 0.2) is 48.5 Å². The highest BCUT2D eigenvalue weighted by molar-refractivity contribution is 6.32. The molecule has 1 heterocycles. The van der Waals surface area contributed by atoms with Crippen LogP contribution in [0.25, 0.3) is 0 Å². The molecule has 0 radical (unpaired) electrons. The Hall–Kier alpha value is -2.24. The van der Waals surface area contributed by atoms with Gasteiger partial charge < -0.3 is 19.5 Å². The third-order valence-electron chi connectivity index (χ3n) is 4.07. The molecule has 2 unspecified atom stereocenters. The van der Waals surface area contributed by atoms with E-state index in [0.29, 0.717) is 28.8 Å². The van der Waals surface area contributed by atoms with Gasteiger partial charge in [0.15, 0.2) is 6.10 Å². The normalized spacial score (nSPS) is 17.5. The number of carbonyl (C=O) groups is 1. The van der Waals surface area contributed by atoms with Crippen molar-refractivity contribution in [2.45, 2.75) is 32.0 Å². The van der Waals surface area contributed by atoms with Crippen molar-refractivity contribution in [3.63, 3.8) is 0 Å². The molecule has 5 nitrogen and oxygen atoms in total. The number of anilines is 1. The van der Waals surface area contributed by atoms with Crippen molar-refractivity contribution in [1.29, 1.82) is 0 Å². The lowest BCUT2D eigenvalue weighted by atomic mass is 10.2. The van der Waals surface area contributed by atoms with Crippen LogP contribution in [-0.4, -0.2) is 31.3 Å². The molecule has 0 aromatic heterocycles. The van der Waals surface area contributed by atoms with Gasteiger partial charge in [-0.25, -0.2) is 0 Å². The summed E-state index contributed by atoms with van der Waals surface area (Å²) in [6.07, 6.45) is 1.56. The monoisotopic (exact) mass is 375 g/mol. The molecular formula is C20H22ClNO4.